The number of rotatable bonds is 5. The first-order chi connectivity index (χ1) is 13.6. The van der Waals surface area contributed by atoms with Crippen LogP contribution < -0.4 is 5.32 Å². The van der Waals surface area contributed by atoms with Gasteiger partial charge in [-0.1, -0.05) is 41.9 Å². The summed E-state index contributed by atoms with van der Waals surface area (Å²) in [7, 11) is 0. The highest BCUT2D eigenvalue weighted by Gasteiger charge is 2.34. The molecule has 1 atom stereocenters. The maximum absolute atomic E-state index is 12.9. The van der Waals surface area contributed by atoms with Crippen LogP contribution in [-0.2, 0) is 22.6 Å². The Morgan fingerprint density at radius 2 is 2.00 bits per heavy atom. The van der Waals surface area contributed by atoms with Gasteiger partial charge in [-0.25, -0.2) is 0 Å². The zero-order valence-electron chi connectivity index (χ0n) is 15.5. The third-order valence-corrected chi connectivity index (χ3v) is 5.49. The summed E-state index contributed by atoms with van der Waals surface area (Å²) in [6.45, 7) is 1.09. The molecule has 2 N–H and O–H groups in total. The molecule has 28 heavy (non-hydrogen) atoms. The topological polar surface area (TPSA) is 65.2 Å². The van der Waals surface area contributed by atoms with Gasteiger partial charge in [-0.15, -0.1) is 0 Å². The van der Waals surface area contributed by atoms with Gasteiger partial charge in [-0.2, -0.15) is 0 Å². The molecule has 1 unspecified atom stereocenters. The van der Waals surface area contributed by atoms with Crippen LogP contribution in [0.3, 0.4) is 0 Å². The summed E-state index contributed by atoms with van der Waals surface area (Å²) in [5.41, 5.74) is 2.89. The van der Waals surface area contributed by atoms with E-state index in [-0.39, 0.29) is 18.2 Å². The lowest BCUT2D eigenvalue weighted by atomic mass is 10.1. The summed E-state index contributed by atoms with van der Waals surface area (Å²) in [4.78, 5) is 30.5. The van der Waals surface area contributed by atoms with Crippen LogP contribution in [0.25, 0.3) is 10.9 Å². The van der Waals surface area contributed by atoms with E-state index in [0.29, 0.717) is 24.5 Å². The van der Waals surface area contributed by atoms with Crippen LogP contribution in [0.15, 0.2) is 54.7 Å². The average molecular weight is 396 g/mol. The van der Waals surface area contributed by atoms with Crippen LogP contribution in [0.2, 0.25) is 5.02 Å². The number of halogens is 1. The van der Waals surface area contributed by atoms with E-state index in [0.717, 1.165) is 28.5 Å². The fraction of sp³-hybridized carbons (Fsp3) is 0.273. The predicted molar refractivity (Wildman–Crippen MR) is 110 cm³/mol. The van der Waals surface area contributed by atoms with Crippen LogP contribution in [0.4, 0.5) is 0 Å². The van der Waals surface area contributed by atoms with Crippen LogP contribution in [-0.4, -0.2) is 34.3 Å². The number of amides is 2. The van der Waals surface area contributed by atoms with E-state index in [9.17, 15) is 9.59 Å². The summed E-state index contributed by atoms with van der Waals surface area (Å²) in [5, 5.41) is 4.55. The van der Waals surface area contributed by atoms with E-state index in [2.05, 4.69) is 10.3 Å². The largest absolute Gasteiger partial charge is 0.361 e. The third-order valence-electron chi connectivity index (χ3n) is 5.26. The zero-order chi connectivity index (χ0) is 19.5. The molecule has 1 aliphatic rings. The molecule has 0 aliphatic carbocycles. The van der Waals surface area contributed by atoms with Gasteiger partial charge in [-0.05, 0) is 42.2 Å². The molecule has 2 heterocycles. The van der Waals surface area contributed by atoms with Gasteiger partial charge in [0.1, 0.15) is 6.04 Å². The molecule has 4 rings (SSSR count). The normalized spacial score (nSPS) is 16.5. The number of benzene rings is 2. The maximum Gasteiger partial charge on any atom is 0.243 e. The number of likely N-dealkylation sites (tertiary alicyclic amines) is 1. The van der Waals surface area contributed by atoms with Crippen LogP contribution >= 0.6 is 11.6 Å². The molecule has 1 aromatic heterocycles. The molecule has 5 nitrogen and oxygen atoms in total. The zero-order valence-corrected chi connectivity index (χ0v) is 16.2. The van der Waals surface area contributed by atoms with Crippen LogP contribution in [0.1, 0.15) is 24.0 Å². The molecular weight excluding hydrogens is 374 g/mol. The number of H-pyrrole nitrogens is 1. The van der Waals surface area contributed by atoms with E-state index in [1.165, 1.54) is 0 Å². The summed E-state index contributed by atoms with van der Waals surface area (Å²) >= 11 is 6.10. The maximum atomic E-state index is 12.9. The second kappa shape index (κ2) is 8.07. The Hall–Kier alpha value is -2.79. The number of nitrogens with zero attached hydrogens (tertiary/aromatic N) is 1. The van der Waals surface area contributed by atoms with Crippen molar-refractivity contribution < 1.29 is 9.59 Å². The number of aromatic amines is 1. The van der Waals surface area contributed by atoms with Crippen molar-refractivity contribution in [2.75, 3.05) is 6.54 Å². The first-order valence-electron chi connectivity index (χ1n) is 9.48. The van der Waals surface area contributed by atoms with E-state index >= 15 is 0 Å². The summed E-state index contributed by atoms with van der Waals surface area (Å²) in [6.07, 6.45) is 3.64. The molecular formula is C22H22ClN3O2. The summed E-state index contributed by atoms with van der Waals surface area (Å²) < 4.78 is 0. The fourth-order valence-electron chi connectivity index (χ4n) is 3.80. The van der Waals surface area contributed by atoms with Crippen molar-refractivity contribution in [3.63, 3.8) is 0 Å². The van der Waals surface area contributed by atoms with Crippen molar-refractivity contribution in [1.82, 2.24) is 15.2 Å². The molecule has 0 spiro atoms. The van der Waals surface area contributed by atoms with Gasteiger partial charge in [-0.3, -0.25) is 9.59 Å². The second-order valence-corrected chi connectivity index (χ2v) is 7.57. The van der Waals surface area contributed by atoms with Crippen LogP contribution in [0.5, 0.6) is 0 Å². The van der Waals surface area contributed by atoms with Crippen molar-refractivity contribution in [2.45, 2.75) is 31.8 Å². The quantitative estimate of drug-likeness (QED) is 0.692. The minimum Gasteiger partial charge on any atom is -0.361 e. The Labute approximate surface area is 168 Å². The Balaban J connectivity index is 1.42. The van der Waals surface area contributed by atoms with Crippen molar-refractivity contribution in [1.29, 1.82) is 0 Å². The van der Waals surface area contributed by atoms with Gasteiger partial charge in [0, 0.05) is 35.2 Å². The molecule has 1 fully saturated rings. The van der Waals surface area contributed by atoms with Gasteiger partial charge >= 0.3 is 0 Å². The monoisotopic (exact) mass is 395 g/mol. The van der Waals surface area contributed by atoms with Crippen molar-refractivity contribution in [2.24, 2.45) is 0 Å². The lowest BCUT2D eigenvalue weighted by Gasteiger charge is -2.24. The van der Waals surface area contributed by atoms with Gasteiger partial charge in [0.2, 0.25) is 11.8 Å². The number of carbonyl (C=O) groups excluding carboxylic acids is 2. The number of carbonyl (C=O) groups is 2. The SMILES string of the molecule is O=C(NCc1ccccc1)C1CCCN1C(=O)Cc1c[nH]c2ccc(Cl)cc12. The van der Waals surface area contributed by atoms with E-state index in [4.69, 9.17) is 11.6 Å². The number of hydrogen-bond donors (Lipinski definition) is 2. The molecule has 1 saturated heterocycles. The molecule has 6 heteroatoms. The van der Waals surface area contributed by atoms with Crippen LogP contribution in [0, 0.1) is 0 Å². The van der Waals surface area contributed by atoms with Crippen molar-refractivity contribution in [3.8, 4) is 0 Å². The molecule has 0 bridgehead atoms. The minimum atomic E-state index is -0.398. The second-order valence-electron chi connectivity index (χ2n) is 7.13. The lowest BCUT2D eigenvalue weighted by molar-refractivity contribution is -0.138. The van der Waals surface area contributed by atoms with Crippen molar-refractivity contribution in [3.05, 3.63) is 70.9 Å². The van der Waals surface area contributed by atoms with E-state index in [1.807, 2.05) is 54.7 Å². The molecule has 0 saturated carbocycles. The van der Waals surface area contributed by atoms with E-state index < -0.39 is 6.04 Å². The number of hydrogen-bond acceptors (Lipinski definition) is 2. The Morgan fingerprint density at radius 3 is 2.82 bits per heavy atom. The summed E-state index contributed by atoms with van der Waals surface area (Å²) in [6, 6.07) is 15.0. The van der Waals surface area contributed by atoms with Gasteiger partial charge in [0.05, 0.1) is 6.42 Å². The average Bonchev–Trinajstić information content (AvgIpc) is 3.34. The van der Waals surface area contributed by atoms with Crippen molar-refractivity contribution >= 4 is 34.3 Å². The Kier molecular flexibility index (Phi) is 5.35. The van der Waals surface area contributed by atoms with Gasteiger partial charge < -0.3 is 15.2 Å². The molecule has 1 aliphatic heterocycles. The van der Waals surface area contributed by atoms with Gasteiger partial charge in [0.15, 0.2) is 0 Å². The van der Waals surface area contributed by atoms with E-state index in [1.54, 1.807) is 4.90 Å². The molecule has 0 radical (unpaired) electrons. The Bertz CT molecular complexity index is 999. The highest BCUT2D eigenvalue weighted by atomic mass is 35.5. The lowest BCUT2D eigenvalue weighted by Crippen LogP contribution is -2.46. The highest BCUT2D eigenvalue weighted by Crippen LogP contribution is 2.25. The molecule has 144 valence electrons. The smallest absolute Gasteiger partial charge is 0.243 e. The number of nitrogens with one attached hydrogen (secondary N) is 2. The number of fused-ring (bicyclic) bond motifs is 1. The third kappa shape index (κ3) is 3.90. The Morgan fingerprint density at radius 1 is 1.18 bits per heavy atom. The minimum absolute atomic E-state index is 0.0294. The summed E-state index contributed by atoms with van der Waals surface area (Å²) in [5.74, 6) is -0.116. The van der Waals surface area contributed by atoms with Gasteiger partial charge in [0.25, 0.3) is 0 Å². The fourth-order valence-corrected chi connectivity index (χ4v) is 3.97. The standard InChI is InChI=1S/C22H22ClN3O2/c23-17-8-9-19-18(12-17)16(14-24-19)11-21(27)26-10-4-7-20(26)22(28)25-13-15-5-2-1-3-6-15/h1-3,5-6,8-9,12,14,20,24H,4,7,10-11,13H2,(H,25,28). The predicted octanol–water partition coefficient (Wildman–Crippen LogP) is 3.67. The molecule has 3 aromatic rings. The molecule has 2 amide bonds. The first kappa shape index (κ1) is 18.6. The molecule has 2 aromatic carbocycles. The number of aromatic nitrogens is 1. The first-order valence-corrected chi connectivity index (χ1v) is 9.86. The highest BCUT2D eigenvalue weighted by molar-refractivity contribution is 6.31.